The molecule has 8 aromatic rings. The molecule has 1 saturated carbocycles. The molecule has 1 unspecified atom stereocenters. The second kappa shape index (κ2) is 13.4. The normalized spacial score (nSPS) is 19.0. The molecule has 4 nitrogen and oxygen atoms in total. The van der Waals surface area contributed by atoms with Crippen LogP contribution in [0.15, 0.2) is 170 Å². The molecule has 4 heteroatoms. The first kappa shape index (κ1) is 36.4. The summed E-state index contributed by atoms with van der Waals surface area (Å²) in [5.74, 6) is 2.86. The van der Waals surface area contributed by atoms with Crippen molar-refractivity contribution in [3.8, 4) is 51.0 Å². The predicted molar refractivity (Wildman–Crippen MR) is 245 cm³/mol. The third-order valence-corrected chi connectivity index (χ3v) is 13.1. The maximum Gasteiger partial charge on any atom is 0.178 e. The molecule has 7 aromatic carbocycles. The zero-order chi connectivity index (χ0) is 40.7. The lowest BCUT2D eigenvalue weighted by molar-refractivity contribution is 0.0642. The monoisotopic (exact) mass is 777 g/mol. The Morgan fingerprint density at radius 3 is 1.55 bits per heavy atom. The summed E-state index contributed by atoms with van der Waals surface area (Å²) in [5, 5.41) is 2.39. The molecule has 0 amide bonds. The van der Waals surface area contributed by atoms with Crippen LogP contribution in [0.25, 0.3) is 62.1 Å². The molecule has 0 radical (unpaired) electrons. The van der Waals surface area contributed by atoms with E-state index in [0.29, 0.717) is 17.5 Å². The molecule has 1 spiro atoms. The maximum atomic E-state index is 7.74. The van der Waals surface area contributed by atoms with Crippen molar-refractivity contribution in [2.75, 3.05) is 0 Å². The first-order chi connectivity index (χ1) is 29.1. The number of hydrogen-bond donors (Lipinski definition) is 0. The number of rotatable bonds is 5. The van der Waals surface area contributed by atoms with Gasteiger partial charge in [0.25, 0.3) is 0 Å². The van der Waals surface area contributed by atoms with E-state index in [0.717, 1.165) is 51.8 Å². The van der Waals surface area contributed by atoms with E-state index in [1.54, 1.807) is 0 Å². The van der Waals surface area contributed by atoms with Gasteiger partial charge in [-0.2, -0.15) is 0 Å². The minimum absolute atomic E-state index is 0.144. The first-order valence-electron chi connectivity index (χ1n) is 21.2. The molecule has 1 aliphatic heterocycles. The fourth-order valence-electron chi connectivity index (χ4n) is 11.6. The second-order valence-electron chi connectivity index (χ2n) is 18.7. The summed E-state index contributed by atoms with van der Waals surface area (Å²) in [4.78, 5) is 15.0. The molecule has 0 saturated heterocycles. The summed E-state index contributed by atoms with van der Waals surface area (Å²) >= 11 is 0. The standard InChI is InChI=1S/C56H47N3O/c1-53(2)34-54(3,4)36-55(35-53)46-27-17-16-26-44(46)47-42-24-14-15-25-43(42)49-45(48(47)55)32-33-56(60-49,40-22-12-7-13-23-40)41-30-28-39(29-31-41)52-58-50(37-18-8-5-9-19-37)57-51(59-52)38-20-10-6-11-21-38/h5-33H,34-36H2,1-4H3. The van der Waals surface area contributed by atoms with Gasteiger partial charge in [0.1, 0.15) is 5.75 Å². The van der Waals surface area contributed by atoms with Crippen molar-refractivity contribution >= 4 is 16.8 Å². The lowest BCUT2D eigenvalue weighted by atomic mass is 9.52. The smallest absolute Gasteiger partial charge is 0.178 e. The highest BCUT2D eigenvalue weighted by Crippen LogP contribution is 2.66. The lowest BCUT2D eigenvalue weighted by Gasteiger charge is -2.52. The number of nitrogens with zero attached hydrogens (tertiary/aromatic N) is 3. The Hall–Kier alpha value is -6.65. The van der Waals surface area contributed by atoms with Crippen LogP contribution in [-0.2, 0) is 11.0 Å². The zero-order valence-corrected chi connectivity index (χ0v) is 34.6. The molecule has 1 fully saturated rings. The van der Waals surface area contributed by atoms with Crippen LogP contribution in [0.5, 0.6) is 5.75 Å². The topological polar surface area (TPSA) is 47.9 Å². The average molecular weight is 778 g/mol. The Bertz CT molecular complexity index is 2900. The van der Waals surface area contributed by atoms with E-state index in [4.69, 9.17) is 19.7 Å². The van der Waals surface area contributed by atoms with Gasteiger partial charge in [-0.1, -0.05) is 198 Å². The van der Waals surface area contributed by atoms with Gasteiger partial charge in [0.15, 0.2) is 23.1 Å². The van der Waals surface area contributed by atoms with E-state index < -0.39 is 5.60 Å². The van der Waals surface area contributed by atoms with E-state index in [1.165, 1.54) is 39.6 Å². The number of fused-ring (bicyclic) bond motifs is 10. The molecule has 292 valence electrons. The van der Waals surface area contributed by atoms with Gasteiger partial charge < -0.3 is 4.74 Å². The van der Waals surface area contributed by atoms with Crippen molar-refractivity contribution in [1.29, 1.82) is 0 Å². The summed E-state index contributed by atoms with van der Waals surface area (Å²) in [5.41, 5.74) is 11.0. The molecule has 0 bridgehead atoms. The van der Waals surface area contributed by atoms with Crippen LogP contribution in [0.2, 0.25) is 0 Å². The van der Waals surface area contributed by atoms with Crippen molar-refractivity contribution in [1.82, 2.24) is 15.0 Å². The van der Waals surface area contributed by atoms with Crippen LogP contribution in [0.3, 0.4) is 0 Å². The fourth-order valence-corrected chi connectivity index (χ4v) is 11.6. The van der Waals surface area contributed by atoms with Gasteiger partial charge in [-0.15, -0.1) is 0 Å². The SMILES string of the molecule is CC1(C)CC(C)(C)CC2(C1)c1ccccc1-c1c2c2c(c3ccccc13)OC(c1ccccc1)(c1ccc(-c3nc(-c4ccccc4)nc(-c4ccccc4)n3)cc1)C=C2. The van der Waals surface area contributed by atoms with Crippen LogP contribution >= 0.6 is 0 Å². The van der Waals surface area contributed by atoms with Crippen LogP contribution in [-0.4, -0.2) is 15.0 Å². The van der Waals surface area contributed by atoms with Crippen molar-refractivity contribution < 1.29 is 4.74 Å². The summed E-state index contributed by atoms with van der Waals surface area (Å²) < 4.78 is 7.74. The summed E-state index contributed by atoms with van der Waals surface area (Å²) in [6, 6.07) is 57.7. The quantitative estimate of drug-likeness (QED) is 0.175. The maximum absolute atomic E-state index is 7.74. The molecule has 11 rings (SSSR count). The number of benzene rings is 7. The average Bonchev–Trinajstić information content (AvgIpc) is 3.54. The Morgan fingerprint density at radius 1 is 0.467 bits per heavy atom. The van der Waals surface area contributed by atoms with E-state index in [9.17, 15) is 0 Å². The third-order valence-electron chi connectivity index (χ3n) is 13.1. The van der Waals surface area contributed by atoms with E-state index in [1.807, 2.05) is 60.7 Å². The fraction of sp³-hybridized carbons (Fsp3) is 0.196. The highest BCUT2D eigenvalue weighted by Gasteiger charge is 2.55. The number of hydrogen-bond acceptors (Lipinski definition) is 4. The Morgan fingerprint density at radius 2 is 0.950 bits per heavy atom. The van der Waals surface area contributed by atoms with Gasteiger partial charge in [-0.3, -0.25) is 0 Å². The van der Waals surface area contributed by atoms with Gasteiger partial charge in [-0.25, -0.2) is 15.0 Å². The second-order valence-corrected chi connectivity index (χ2v) is 18.7. The van der Waals surface area contributed by atoms with E-state index in [2.05, 4.69) is 143 Å². The van der Waals surface area contributed by atoms with Gasteiger partial charge in [0.2, 0.25) is 0 Å². The Kier molecular flexibility index (Phi) is 8.16. The van der Waals surface area contributed by atoms with Crippen LogP contribution in [0.1, 0.15) is 74.8 Å². The third kappa shape index (κ3) is 5.76. The van der Waals surface area contributed by atoms with Crippen molar-refractivity contribution in [2.45, 2.75) is 58.0 Å². The van der Waals surface area contributed by atoms with Crippen LogP contribution in [0.4, 0.5) is 0 Å². The predicted octanol–water partition coefficient (Wildman–Crippen LogP) is 13.9. The Balaban J connectivity index is 1.09. The summed E-state index contributed by atoms with van der Waals surface area (Å²) in [6.07, 6.45) is 8.09. The summed E-state index contributed by atoms with van der Waals surface area (Å²) in [7, 11) is 0. The number of ether oxygens (including phenoxy) is 1. The van der Waals surface area contributed by atoms with Crippen molar-refractivity contribution in [2.24, 2.45) is 10.8 Å². The van der Waals surface area contributed by atoms with Crippen molar-refractivity contribution in [3.05, 3.63) is 198 Å². The molecule has 3 aliphatic rings. The van der Waals surface area contributed by atoms with Gasteiger partial charge in [0.05, 0.1) is 0 Å². The van der Waals surface area contributed by atoms with Gasteiger partial charge in [-0.05, 0) is 63.8 Å². The molecular formula is C56H47N3O. The highest BCUT2D eigenvalue weighted by atomic mass is 16.5. The summed E-state index contributed by atoms with van der Waals surface area (Å²) in [6.45, 7) is 9.90. The zero-order valence-electron chi connectivity index (χ0n) is 34.6. The molecule has 0 N–H and O–H groups in total. The van der Waals surface area contributed by atoms with Crippen LogP contribution < -0.4 is 4.74 Å². The number of aromatic nitrogens is 3. The highest BCUT2D eigenvalue weighted by molar-refractivity contribution is 6.08. The van der Waals surface area contributed by atoms with Crippen LogP contribution in [0, 0.1) is 10.8 Å². The molecule has 2 aliphatic carbocycles. The molecule has 2 heterocycles. The molecular weight excluding hydrogens is 731 g/mol. The first-order valence-corrected chi connectivity index (χ1v) is 21.2. The largest absolute Gasteiger partial charge is 0.472 e. The van der Waals surface area contributed by atoms with E-state index >= 15 is 0 Å². The minimum atomic E-state index is -0.892. The van der Waals surface area contributed by atoms with Gasteiger partial charge >= 0.3 is 0 Å². The molecule has 1 aromatic heterocycles. The van der Waals surface area contributed by atoms with Gasteiger partial charge in [0, 0.05) is 44.2 Å². The lowest BCUT2D eigenvalue weighted by Crippen LogP contribution is -2.44. The van der Waals surface area contributed by atoms with E-state index in [-0.39, 0.29) is 16.2 Å². The molecule has 1 atom stereocenters. The Labute approximate surface area is 352 Å². The molecule has 60 heavy (non-hydrogen) atoms. The minimum Gasteiger partial charge on any atom is -0.472 e. The van der Waals surface area contributed by atoms with Crippen molar-refractivity contribution in [3.63, 3.8) is 0 Å².